The monoisotopic (exact) mass is 200 g/mol. The number of carbonyl (C=O) groups is 1. The Labute approximate surface area is 85.4 Å². The summed E-state index contributed by atoms with van der Waals surface area (Å²) in [5.41, 5.74) is 5.54. The highest BCUT2D eigenvalue weighted by molar-refractivity contribution is 5.69. The van der Waals surface area contributed by atoms with Gasteiger partial charge in [-0.25, -0.2) is 4.79 Å². The maximum absolute atomic E-state index is 11.4. The van der Waals surface area contributed by atoms with Crippen LogP contribution in [0.3, 0.4) is 0 Å². The lowest BCUT2D eigenvalue weighted by molar-refractivity contribution is 0.126. The minimum atomic E-state index is -0.196. The Morgan fingerprint density at radius 1 is 1.57 bits per heavy atom. The average Bonchev–Trinajstić information content (AvgIpc) is 2.29. The number of rotatable bonds is 3. The molecule has 0 spiro atoms. The van der Waals surface area contributed by atoms with Crippen LogP contribution in [0.15, 0.2) is 0 Å². The van der Waals surface area contributed by atoms with Gasteiger partial charge in [0.1, 0.15) is 6.10 Å². The molecule has 0 radical (unpaired) electrons. The molecule has 4 heteroatoms. The van der Waals surface area contributed by atoms with Crippen molar-refractivity contribution in [3.63, 3.8) is 0 Å². The standard InChI is InChI=1S/C10H20N2O2/c1-10(2,3)7-12-6-8(4-5-11)14-9(12)13/h8H,4-7,11H2,1-3H3. The van der Waals surface area contributed by atoms with E-state index >= 15 is 0 Å². The Hall–Kier alpha value is -0.770. The Kier molecular flexibility index (Phi) is 3.37. The summed E-state index contributed by atoms with van der Waals surface area (Å²) in [6, 6.07) is 0. The number of hydrogen-bond donors (Lipinski definition) is 1. The molecule has 0 aromatic heterocycles. The molecule has 1 aliphatic heterocycles. The van der Waals surface area contributed by atoms with Crippen LogP contribution in [-0.2, 0) is 4.74 Å². The van der Waals surface area contributed by atoms with Crippen LogP contribution in [0.1, 0.15) is 27.2 Å². The summed E-state index contributed by atoms with van der Waals surface area (Å²) < 4.78 is 5.17. The maximum atomic E-state index is 11.4. The summed E-state index contributed by atoms with van der Waals surface area (Å²) in [5.74, 6) is 0. The van der Waals surface area contributed by atoms with Crippen LogP contribution < -0.4 is 5.73 Å². The second-order valence-electron chi connectivity index (χ2n) is 5.02. The van der Waals surface area contributed by atoms with Crippen LogP contribution in [0.5, 0.6) is 0 Å². The fourth-order valence-corrected chi connectivity index (χ4v) is 1.61. The molecular weight excluding hydrogens is 180 g/mol. The largest absolute Gasteiger partial charge is 0.444 e. The van der Waals surface area contributed by atoms with Gasteiger partial charge < -0.3 is 15.4 Å². The van der Waals surface area contributed by atoms with E-state index in [1.165, 1.54) is 0 Å². The number of hydrogen-bond acceptors (Lipinski definition) is 3. The molecule has 82 valence electrons. The lowest BCUT2D eigenvalue weighted by Crippen LogP contribution is -2.34. The van der Waals surface area contributed by atoms with Crippen molar-refractivity contribution < 1.29 is 9.53 Å². The van der Waals surface area contributed by atoms with Crippen molar-refractivity contribution in [1.29, 1.82) is 0 Å². The molecule has 1 heterocycles. The van der Waals surface area contributed by atoms with E-state index in [0.29, 0.717) is 13.1 Å². The number of ether oxygens (including phenoxy) is 1. The van der Waals surface area contributed by atoms with Gasteiger partial charge in [0, 0.05) is 6.54 Å². The lowest BCUT2D eigenvalue weighted by Gasteiger charge is -2.24. The highest BCUT2D eigenvalue weighted by Crippen LogP contribution is 2.21. The van der Waals surface area contributed by atoms with Gasteiger partial charge in [-0.3, -0.25) is 0 Å². The zero-order chi connectivity index (χ0) is 10.8. The van der Waals surface area contributed by atoms with E-state index in [1.54, 1.807) is 4.90 Å². The summed E-state index contributed by atoms with van der Waals surface area (Å²) in [7, 11) is 0. The van der Waals surface area contributed by atoms with Gasteiger partial charge in [-0.2, -0.15) is 0 Å². The van der Waals surface area contributed by atoms with E-state index in [-0.39, 0.29) is 17.6 Å². The summed E-state index contributed by atoms with van der Waals surface area (Å²) in [4.78, 5) is 13.2. The normalized spacial score (nSPS) is 22.7. The van der Waals surface area contributed by atoms with E-state index in [2.05, 4.69) is 20.8 Å². The third kappa shape index (κ3) is 3.18. The summed E-state index contributed by atoms with van der Waals surface area (Å²) in [5, 5.41) is 0. The zero-order valence-electron chi connectivity index (χ0n) is 9.25. The fourth-order valence-electron chi connectivity index (χ4n) is 1.61. The van der Waals surface area contributed by atoms with Gasteiger partial charge in [-0.05, 0) is 18.4 Å². The molecule has 2 N–H and O–H groups in total. The highest BCUT2D eigenvalue weighted by Gasteiger charge is 2.32. The van der Waals surface area contributed by atoms with E-state index in [9.17, 15) is 4.79 Å². The van der Waals surface area contributed by atoms with Gasteiger partial charge in [-0.1, -0.05) is 20.8 Å². The molecule has 14 heavy (non-hydrogen) atoms. The Morgan fingerprint density at radius 3 is 2.71 bits per heavy atom. The number of carbonyl (C=O) groups excluding carboxylic acids is 1. The number of cyclic esters (lactones) is 1. The lowest BCUT2D eigenvalue weighted by atomic mass is 9.96. The second kappa shape index (κ2) is 4.17. The van der Waals surface area contributed by atoms with Crippen LogP contribution >= 0.6 is 0 Å². The molecular formula is C10H20N2O2. The molecule has 4 nitrogen and oxygen atoms in total. The van der Waals surface area contributed by atoms with Crippen LogP contribution in [0.25, 0.3) is 0 Å². The summed E-state index contributed by atoms with van der Waals surface area (Å²) in [6.45, 7) is 8.32. The zero-order valence-corrected chi connectivity index (χ0v) is 9.25. The topological polar surface area (TPSA) is 55.6 Å². The summed E-state index contributed by atoms with van der Waals surface area (Å²) >= 11 is 0. The molecule has 1 rings (SSSR count). The Bertz CT molecular complexity index is 211. The van der Waals surface area contributed by atoms with E-state index in [4.69, 9.17) is 10.5 Å². The first-order chi connectivity index (χ1) is 6.42. The third-order valence-electron chi connectivity index (χ3n) is 2.10. The van der Waals surface area contributed by atoms with Crippen molar-refractivity contribution in [2.45, 2.75) is 33.3 Å². The Balaban J connectivity index is 2.45. The molecule has 1 unspecified atom stereocenters. The Morgan fingerprint density at radius 2 is 2.21 bits per heavy atom. The van der Waals surface area contributed by atoms with Crippen molar-refractivity contribution >= 4 is 6.09 Å². The van der Waals surface area contributed by atoms with Gasteiger partial charge in [0.15, 0.2) is 0 Å². The van der Waals surface area contributed by atoms with Gasteiger partial charge in [0.2, 0.25) is 0 Å². The van der Waals surface area contributed by atoms with Gasteiger partial charge in [0.25, 0.3) is 0 Å². The predicted octanol–water partition coefficient (Wildman–Crippen LogP) is 1.20. The predicted molar refractivity (Wildman–Crippen MR) is 55.0 cm³/mol. The molecule has 0 saturated carbocycles. The van der Waals surface area contributed by atoms with Gasteiger partial charge in [0.05, 0.1) is 6.54 Å². The minimum absolute atomic E-state index is 0.00477. The van der Waals surface area contributed by atoms with Crippen molar-refractivity contribution in [2.24, 2.45) is 11.1 Å². The second-order valence-corrected chi connectivity index (χ2v) is 5.02. The molecule has 0 bridgehead atoms. The summed E-state index contributed by atoms with van der Waals surface area (Å²) in [6.07, 6.45) is 0.556. The first-order valence-corrected chi connectivity index (χ1v) is 5.08. The number of nitrogens with zero attached hydrogens (tertiary/aromatic N) is 1. The van der Waals surface area contributed by atoms with Gasteiger partial charge in [-0.15, -0.1) is 0 Å². The van der Waals surface area contributed by atoms with E-state index < -0.39 is 0 Å². The van der Waals surface area contributed by atoms with Crippen molar-refractivity contribution in [3.8, 4) is 0 Å². The molecule has 0 aliphatic carbocycles. The van der Waals surface area contributed by atoms with E-state index in [0.717, 1.165) is 13.0 Å². The number of nitrogens with two attached hydrogens (primary N) is 1. The van der Waals surface area contributed by atoms with Crippen LogP contribution in [-0.4, -0.2) is 36.7 Å². The maximum Gasteiger partial charge on any atom is 0.410 e. The highest BCUT2D eigenvalue weighted by atomic mass is 16.6. The smallest absolute Gasteiger partial charge is 0.410 e. The molecule has 1 saturated heterocycles. The molecule has 1 fully saturated rings. The molecule has 1 aliphatic rings. The molecule has 1 atom stereocenters. The minimum Gasteiger partial charge on any atom is -0.444 e. The molecule has 1 amide bonds. The SMILES string of the molecule is CC(C)(C)CN1CC(CCN)OC1=O. The van der Waals surface area contributed by atoms with E-state index in [1.807, 2.05) is 0 Å². The quantitative estimate of drug-likeness (QED) is 0.744. The van der Waals surface area contributed by atoms with Crippen LogP contribution in [0.4, 0.5) is 4.79 Å². The molecule has 0 aromatic carbocycles. The van der Waals surface area contributed by atoms with Crippen LogP contribution in [0.2, 0.25) is 0 Å². The fraction of sp³-hybridized carbons (Fsp3) is 0.900. The average molecular weight is 200 g/mol. The van der Waals surface area contributed by atoms with Crippen LogP contribution in [0, 0.1) is 5.41 Å². The van der Waals surface area contributed by atoms with Crippen molar-refractivity contribution in [2.75, 3.05) is 19.6 Å². The first-order valence-electron chi connectivity index (χ1n) is 5.08. The molecule has 0 aromatic rings. The van der Waals surface area contributed by atoms with Gasteiger partial charge >= 0.3 is 6.09 Å². The number of amides is 1. The van der Waals surface area contributed by atoms with Crippen molar-refractivity contribution in [3.05, 3.63) is 0 Å². The van der Waals surface area contributed by atoms with Crippen molar-refractivity contribution in [1.82, 2.24) is 4.90 Å². The third-order valence-corrected chi connectivity index (χ3v) is 2.10. The first kappa shape index (κ1) is 11.3.